The largest absolute Gasteiger partial charge is 0.347 e. The molecule has 7 nitrogen and oxygen atoms in total. The third-order valence-corrected chi connectivity index (χ3v) is 7.05. The Balaban J connectivity index is 1.60. The predicted molar refractivity (Wildman–Crippen MR) is 97.3 cm³/mol. The van der Waals surface area contributed by atoms with Crippen molar-refractivity contribution in [2.45, 2.75) is 18.6 Å². The summed E-state index contributed by atoms with van der Waals surface area (Å²) in [4.78, 5) is 21.0. The first-order chi connectivity index (χ1) is 12.4. The van der Waals surface area contributed by atoms with Crippen molar-refractivity contribution in [3.63, 3.8) is 0 Å². The van der Waals surface area contributed by atoms with Gasteiger partial charge in [-0.3, -0.25) is 14.7 Å². The van der Waals surface area contributed by atoms with Crippen LogP contribution in [-0.2, 0) is 23.4 Å². The minimum absolute atomic E-state index is 0.0423. The van der Waals surface area contributed by atoms with E-state index in [1.54, 1.807) is 27.9 Å². The van der Waals surface area contributed by atoms with E-state index in [0.717, 1.165) is 5.56 Å². The van der Waals surface area contributed by atoms with Gasteiger partial charge in [-0.05, 0) is 29.8 Å². The molecule has 0 radical (unpaired) electrons. The van der Waals surface area contributed by atoms with Crippen LogP contribution in [-0.4, -0.2) is 70.4 Å². The van der Waals surface area contributed by atoms with Gasteiger partial charge in [0.2, 0.25) is 0 Å². The molecule has 2 aromatic heterocycles. The Morgan fingerprint density at radius 2 is 1.88 bits per heavy atom. The highest BCUT2D eigenvalue weighted by Gasteiger charge is 2.48. The third kappa shape index (κ3) is 3.14. The summed E-state index contributed by atoms with van der Waals surface area (Å²) in [6.45, 7) is 1.87. The fourth-order valence-corrected chi connectivity index (χ4v) is 6.04. The zero-order chi connectivity index (χ0) is 18.3. The van der Waals surface area contributed by atoms with Gasteiger partial charge in [-0.2, -0.15) is 0 Å². The summed E-state index contributed by atoms with van der Waals surface area (Å²) in [5.74, 6) is 0.0635. The number of aromatic nitrogens is 2. The number of fused-ring (bicyclic) bond motifs is 1. The Bertz CT molecular complexity index is 910. The first-order valence-electron chi connectivity index (χ1n) is 8.70. The maximum absolute atomic E-state index is 13.0. The molecule has 2 aromatic rings. The van der Waals surface area contributed by atoms with Gasteiger partial charge in [-0.1, -0.05) is 0 Å². The molecule has 8 heteroatoms. The van der Waals surface area contributed by atoms with Crippen molar-refractivity contribution < 1.29 is 13.2 Å². The summed E-state index contributed by atoms with van der Waals surface area (Å²) < 4.78 is 26.5. The van der Waals surface area contributed by atoms with Crippen LogP contribution >= 0.6 is 0 Å². The molecule has 0 spiro atoms. The molecule has 2 aliphatic heterocycles. The highest BCUT2D eigenvalue weighted by Crippen LogP contribution is 2.29. The highest BCUT2D eigenvalue weighted by atomic mass is 32.2. The van der Waals surface area contributed by atoms with Gasteiger partial charge in [0.25, 0.3) is 5.91 Å². The second kappa shape index (κ2) is 6.51. The maximum Gasteiger partial charge on any atom is 0.270 e. The van der Waals surface area contributed by atoms with E-state index < -0.39 is 9.84 Å². The standard InChI is InChI=1S/C18H22N4O3S/c1-20-8-2-3-15(20)18(23)22-10-9-21(11-14-4-6-19-7-5-14)16-12-26(24,25)13-17(16)22/h2-8,16-17H,9-13H2,1H3/t16-,17+/m1/s1. The van der Waals surface area contributed by atoms with E-state index in [2.05, 4.69) is 9.88 Å². The molecule has 0 saturated carbocycles. The van der Waals surface area contributed by atoms with Crippen molar-refractivity contribution in [2.75, 3.05) is 24.6 Å². The zero-order valence-electron chi connectivity index (χ0n) is 14.7. The molecule has 4 heterocycles. The number of piperazine rings is 1. The molecule has 0 bridgehead atoms. The quantitative estimate of drug-likeness (QED) is 0.784. The SMILES string of the molecule is Cn1cccc1C(=O)N1CCN(Cc2ccncc2)[C@@H]2CS(=O)(=O)C[C@@H]21. The summed E-state index contributed by atoms with van der Waals surface area (Å²) in [6.07, 6.45) is 5.32. The molecule has 2 fully saturated rings. The summed E-state index contributed by atoms with van der Waals surface area (Å²) in [7, 11) is -1.32. The smallest absolute Gasteiger partial charge is 0.270 e. The van der Waals surface area contributed by atoms with Crippen LogP contribution in [0.4, 0.5) is 0 Å². The third-order valence-electron chi connectivity index (χ3n) is 5.35. The minimum Gasteiger partial charge on any atom is -0.347 e. The van der Waals surface area contributed by atoms with E-state index in [1.165, 1.54) is 0 Å². The van der Waals surface area contributed by atoms with Gasteiger partial charge in [0, 0.05) is 51.3 Å². The van der Waals surface area contributed by atoms with Crippen LogP contribution in [0.2, 0.25) is 0 Å². The maximum atomic E-state index is 13.0. The van der Waals surface area contributed by atoms with Gasteiger partial charge in [0.05, 0.1) is 17.5 Å². The van der Waals surface area contributed by atoms with Crippen molar-refractivity contribution in [3.8, 4) is 0 Å². The molecule has 0 N–H and O–H groups in total. The molecular weight excluding hydrogens is 352 g/mol. The van der Waals surface area contributed by atoms with Gasteiger partial charge < -0.3 is 9.47 Å². The Morgan fingerprint density at radius 3 is 2.58 bits per heavy atom. The predicted octanol–water partition coefficient (Wildman–Crippen LogP) is 0.544. The van der Waals surface area contributed by atoms with Crippen LogP contribution in [0.3, 0.4) is 0 Å². The Hall–Kier alpha value is -2.19. The molecule has 1 amide bonds. The number of aryl methyl sites for hydroxylation is 1. The van der Waals surface area contributed by atoms with Crippen molar-refractivity contribution in [1.82, 2.24) is 19.4 Å². The van der Waals surface area contributed by atoms with E-state index >= 15 is 0 Å². The lowest BCUT2D eigenvalue weighted by atomic mass is 10.0. The summed E-state index contributed by atoms with van der Waals surface area (Å²) in [5.41, 5.74) is 1.70. The van der Waals surface area contributed by atoms with Crippen LogP contribution in [0.5, 0.6) is 0 Å². The molecule has 2 saturated heterocycles. The molecule has 2 aliphatic rings. The van der Waals surface area contributed by atoms with Crippen molar-refractivity contribution in [2.24, 2.45) is 7.05 Å². The fourth-order valence-electron chi connectivity index (χ4n) is 4.03. The van der Waals surface area contributed by atoms with Gasteiger partial charge in [0.1, 0.15) is 5.69 Å². The molecule has 0 aliphatic carbocycles. The van der Waals surface area contributed by atoms with Crippen LogP contribution in [0, 0.1) is 0 Å². The van der Waals surface area contributed by atoms with Gasteiger partial charge in [-0.25, -0.2) is 8.42 Å². The van der Waals surface area contributed by atoms with Crippen LogP contribution in [0.1, 0.15) is 16.1 Å². The average molecular weight is 374 g/mol. The average Bonchev–Trinajstić information content (AvgIpc) is 3.17. The van der Waals surface area contributed by atoms with E-state index in [4.69, 9.17) is 0 Å². The number of pyridine rings is 1. The summed E-state index contributed by atoms with van der Waals surface area (Å²) in [5, 5.41) is 0. The molecule has 0 unspecified atom stereocenters. The number of carbonyl (C=O) groups is 1. The number of hydrogen-bond donors (Lipinski definition) is 0. The first-order valence-corrected chi connectivity index (χ1v) is 10.5. The number of sulfone groups is 1. The molecular formula is C18H22N4O3S. The zero-order valence-corrected chi connectivity index (χ0v) is 15.5. The van der Waals surface area contributed by atoms with Crippen LogP contribution in [0.15, 0.2) is 42.9 Å². The first kappa shape index (κ1) is 17.2. The van der Waals surface area contributed by atoms with E-state index in [1.807, 2.05) is 31.4 Å². The molecule has 2 atom stereocenters. The molecule has 4 rings (SSSR count). The van der Waals surface area contributed by atoms with E-state index in [0.29, 0.717) is 25.3 Å². The second-order valence-electron chi connectivity index (χ2n) is 7.04. The minimum atomic E-state index is -3.15. The van der Waals surface area contributed by atoms with Crippen molar-refractivity contribution >= 4 is 15.7 Å². The Labute approximate surface area is 153 Å². The second-order valence-corrected chi connectivity index (χ2v) is 9.19. The van der Waals surface area contributed by atoms with Crippen molar-refractivity contribution in [1.29, 1.82) is 0 Å². The number of nitrogens with zero attached hydrogens (tertiary/aromatic N) is 4. The lowest BCUT2D eigenvalue weighted by molar-refractivity contribution is 0.0299. The Morgan fingerprint density at radius 1 is 1.15 bits per heavy atom. The number of carbonyl (C=O) groups excluding carboxylic acids is 1. The molecule has 0 aromatic carbocycles. The van der Waals surface area contributed by atoms with Crippen LogP contribution in [0.25, 0.3) is 0 Å². The lowest BCUT2D eigenvalue weighted by Gasteiger charge is -2.44. The Kier molecular flexibility index (Phi) is 4.32. The van der Waals surface area contributed by atoms with Crippen LogP contribution < -0.4 is 0 Å². The molecule has 26 heavy (non-hydrogen) atoms. The van der Waals surface area contributed by atoms with Gasteiger partial charge >= 0.3 is 0 Å². The van der Waals surface area contributed by atoms with E-state index in [9.17, 15) is 13.2 Å². The topological polar surface area (TPSA) is 75.5 Å². The van der Waals surface area contributed by atoms with Gasteiger partial charge in [0.15, 0.2) is 9.84 Å². The van der Waals surface area contributed by atoms with Gasteiger partial charge in [-0.15, -0.1) is 0 Å². The lowest BCUT2D eigenvalue weighted by Crippen LogP contribution is -2.60. The number of rotatable bonds is 3. The number of amides is 1. The van der Waals surface area contributed by atoms with E-state index in [-0.39, 0.29) is 29.5 Å². The highest BCUT2D eigenvalue weighted by molar-refractivity contribution is 7.91. The summed E-state index contributed by atoms with van der Waals surface area (Å²) in [6, 6.07) is 7.05. The van der Waals surface area contributed by atoms with Crippen molar-refractivity contribution in [3.05, 3.63) is 54.1 Å². The molecule has 138 valence electrons. The number of hydrogen-bond acceptors (Lipinski definition) is 5. The normalized spacial score (nSPS) is 25.2. The fraction of sp³-hybridized carbons (Fsp3) is 0.444. The monoisotopic (exact) mass is 374 g/mol. The summed E-state index contributed by atoms with van der Waals surface area (Å²) >= 11 is 0.